The molecule has 0 saturated carbocycles. The maximum atomic E-state index is 12.0. The average molecular weight is 445 g/mol. The molecule has 0 saturated heterocycles. The number of furan rings is 1. The minimum absolute atomic E-state index is 0.0628. The Bertz CT molecular complexity index is 1130. The Morgan fingerprint density at radius 3 is 1.94 bits per heavy atom. The van der Waals surface area contributed by atoms with Gasteiger partial charge in [0.15, 0.2) is 5.76 Å². The minimum atomic E-state index is -0.816. The lowest BCUT2D eigenvalue weighted by Gasteiger charge is -2.14. The molecule has 1 amide bonds. The van der Waals surface area contributed by atoms with Crippen LogP contribution in [0.2, 0.25) is 0 Å². The SMILES string of the molecule is O=C(Nc1ccc(OCC(O)COc2ccc(Oc3ccccc3)cc2)cc1)c1ccco1. The van der Waals surface area contributed by atoms with Crippen molar-refractivity contribution in [3.63, 3.8) is 0 Å². The average Bonchev–Trinajstić information content (AvgIpc) is 3.39. The van der Waals surface area contributed by atoms with E-state index in [1.807, 2.05) is 30.3 Å². The lowest BCUT2D eigenvalue weighted by molar-refractivity contribution is 0.0626. The fourth-order valence-corrected chi connectivity index (χ4v) is 2.90. The zero-order valence-corrected chi connectivity index (χ0v) is 17.7. The van der Waals surface area contributed by atoms with Crippen LogP contribution in [0.5, 0.6) is 23.0 Å². The number of benzene rings is 3. The van der Waals surface area contributed by atoms with Gasteiger partial charge in [0.25, 0.3) is 5.91 Å². The molecule has 0 aliphatic heterocycles. The molecule has 33 heavy (non-hydrogen) atoms. The van der Waals surface area contributed by atoms with Crippen LogP contribution in [0.3, 0.4) is 0 Å². The summed E-state index contributed by atoms with van der Waals surface area (Å²) in [5, 5.41) is 12.9. The molecule has 7 nitrogen and oxygen atoms in total. The first-order valence-corrected chi connectivity index (χ1v) is 10.4. The molecule has 7 heteroatoms. The number of hydrogen-bond acceptors (Lipinski definition) is 6. The highest BCUT2D eigenvalue weighted by Crippen LogP contribution is 2.23. The van der Waals surface area contributed by atoms with E-state index in [0.29, 0.717) is 22.9 Å². The van der Waals surface area contributed by atoms with Gasteiger partial charge in [-0.1, -0.05) is 18.2 Å². The molecule has 1 atom stereocenters. The number of nitrogens with one attached hydrogen (secondary N) is 1. The first kappa shape index (κ1) is 22.0. The summed E-state index contributed by atoms with van der Waals surface area (Å²) >= 11 is 0. The first-order chi connectivity index (χ1) is 16.2. The standard InChI is InChI=1S/C26H23NO6/c28-20(18-32-22-12-14-24(15-13-22)33-23-5-2-1-3-6-23)17-31-21-10-8-19(9-11-21)27-26(29)25-7-4-16-30-25/h1-16,20,28H,17-18H2,(H,27,29). The molecule has 4 aromatic rings. The number of para-hydroxylation sites is 1. The molecule has 2 N–H and O–H groups in total. The normalized spacial score (nSPS) is 11.4. The van der Waals surface area contributed by atoms with E-state index in [9.17, 15) is 9.90 Å². The minimum Gasteiger partial charge on any atom is -0.491 e. The maximum Gasteiger partial charge on any atom is 0.291 e. The Kier molecular flexibility index (Phi) is 7.25. The second-order valence-corrected chi connectivity index (χ2v) is 7.12. The molecule has 1 unspecified atom stereocenters. The van der Waals surface area contributed by atoms with Crippen molar-refractivity contribution in [1.82, 2.24) is 0 Å². The van der Waals surface area contributed by atoms with Gasteiger partial charge in [-0.25, -0.2) is 0 Å². The lowest BCUT2D eigenvalue weighted by Crippen LogP contribution is -2.25. The van der Waals surface area contributed by atoms with E-state index in [1.165, 1.54) is 6.26 Å². The summed E-state index contributed by atoms with van der Waals surface area (Å²) in [6.07, 6.45) is 0.625. The Labute approximate surface area is 191 Å². The van der Waals surface area contributed by atoms with Gasteiger partial charge in [-0.05, 0) is 72.8 Å². The van der Waals surface area contributed by atoms with Gasteiger partial charge in [0.2, 0.25) is 0 Å². The number of carbonyl (C=O) groups excluding carboxylic acids is 1. The maximum absolute atomic E-state index is 12.0. The Morgan fingerprint density at radius 2 is 1.33 bits per heavy atom. The first-order valence-electron chi connectivity index (χ1n) is 10.4. The van der Waals surface area contributed by atoms with Gasteiger partial charge in [-0.15, -0.1) is 0 Å². The van der Waals surface area contributed by atoms with Crippen molar-refractivity contribution in [2.24, 2.45) is 0 Å². The van der Waals surface area contributed by atoms with Crippen molar-refractivity contribution in [1.29, 1.82) is 0 Å². The molecule has 3 aromatic carbocycles. The smallest absolute Gasteiger partial charge is 0.291 e. The molecule has 0 aliphatic rings. The van der Waals surface area contributed by atoms with Gasteiger partial charge >= 0.3 is 0 Å². The highest BCUT2D eigenvalue weighted by Gasteiger charge is 2.10. The zero-order chi connectivity index (χ0) is 22.9. The van der Waals surface area contributed by atoms with Gasteiger partial charge in [-0.2, -0.15) is 0 Å². The second kappa shape index (κ2) is 10.9. The summed E-state index contributed by atoms with van der Waals surface area (Å²) in [4.78, 5) is 12.0. The Hall–Kier alpha value is -4.23. The molecule has 1 heterocycles. The highest BCUT2D eigenvalue weighted by atomic mass is 16.5. The van der Waals surface area contributed by atoms with Gasteiger partial charge in [0.1, 0.15) is 42.3 Å². The van der Waals surface area contributed by atoms with Crippen LogP contribution in [0.1, 0.15) is 10.6 Å². The van der Waals surface area contributed by atoms with E-state index >= 15 is 0 Å². The van der Waals surface area contributed by atoms with Crippen LogP contribution in [-0.2, 0) is 0 Å². The van der Waals surface area contributed by atoms with E-state index in [1.54, 1.807) is 60.7 Å². The van der Waals surface area contributed by atoms with Crippen molar-refractivity contribution in [3.8, 4) is 23.0 Å². The summed E-state index contributed by atoms with van der Waals surface area (Å²) in [6.45, 7) is 0.142. The predicted octanol–water partition coefficient (Wildman–Crippen LogP) is 5.14. The second-order valence-electron chi connectivity index (χ2n) is 7.12. The number of amides is 1. The third-order valence-corrected chi connectivity index (χ3v) is 4.54. The highest BCUT2D eigenvalue weighted by molar-refractivity contribution is 6.02. The third kappa shape index (κ3) is 6.62. The molecule has 0 bridgehead atoms. The van der Waals surface area contributed by atoms with Crippen molar-refractivity contribution in [2.75, 3.05) is 18.5 Å². The van der Waals surface area contributed by atoms with Crippen molar-refractivity contribution in [2.45, 2.75) is 6.10 Å². The summed E-state index contributed by atoms with van der Waals surface area (Å²) in [6, 6.07) is 26.7. The summed E-state index contributed by atoms with van der Waals surface area (Å²) in [5.74, 6) is 2.53. The monoisotopic (exact) mass is 445 g/mol. The third-order valence-electron chi connectivity index (χ3n) is 4.54. The van der Waals surface area contributed by atoms with Crippen LogP contribution in [-0.4, -0.2) is 30.3 Å². The van der Waals surface area contributed by atoms with E-state index < -0.39 is 6.10 Å². The molecule has 0 radical (unpaired) electrons. The quantitative estimate of drug-likeness (QED) is 0.351. The van der Waals surface area contributed by atoms with Gasteiger partial charge in [0, 0.05) is 5.69 Å². The van der Waals surface area contributed by atoms with Crippen LogP contribution in [0.4, 0.5) is 5.69 Å². The number of anilines is 1. The number of ether oxygens (including phenoxy) is 3. The van der Waals surface area contributed by atoms with E-state index in [-0.39, 0.29) is 24.9 Å². The Morgan fingerprint density at radius 1 is 0.758 bits per heavy atom. The summed E-state index contributed by atoms with van der Waals surface area (Å²) in [7, 11) is 0. The van der Waals surface area contributed by atoms with Gasteiger partial charge in [0.05, 0.1) is 6.26 Å². The molecule has 0 aliphatic carbocycles. The topological polar surface area (TPSA) is 90.2 Å². The van der Waals surface area contributed by atoms with Crippen LogP contribution in [0.15, 0.2) is 102 Å². The molecule has 168 valence electrons. The summed E-state index contributed by atoms with van der Waals surface area (Å²) < 4.78 is 22.0. The van der Waals surface area contributed by atoms with Gasteiger partial charge in [-0.3, -0.25) is 4.79 Å². The largest absolute Gasteiger partial charge is 0.491 e. The molecule has 0 fully saturated rings. The number of aliphatic hydroxyl groups is 1. The van der Waals surface area contributed by atoms with Crippen LogP contribution < -0.4 is 19.5 Å². The molecule has 0 spiro atoms. The van der Waals surface area contributed by atoms with Crippen LogP contribution in [0.25, 0.3) is 0 Å². The van der Waals surface area contributed by atoms with Crippen molar-refractivity contribution < 1.29 is 28.5 Å². The van der Waals surface area contributed by atoms with Gasteiger partial charge < -0.3 is 29.1 Å². The number of carbonyl (C=O) groups is 1. The zero-order valence-electron chi connectivity index (χ0n) is 17.7. The Balaban J connectivity index is 1.18. The molecular formula is C26H23NO6. The molecule has 4 rings (SSSR count). The number of aliphatic hydroxyl groups excluding tert-OH is 1. The van der Waals surface area contributed by atoms with Crippen molar-refractivity contribution >= 4 is 11.6 Å². The number of hydrogen-bond donors (Lipinski definition) is 2. The van der Waals surface area contributed by atoms with Crippen LogP contribution in [0, 0.1) is 0 Å². The van der Waals surface area contributed by atoms with E-state index in [0.717, 1.165) is 5.75 Å². The molecular weight excluding hydrogens is 422 g/mol. The number of rotatable bonds is 10. The lowest BCUT2D eigenvalue weighted by atomic mass is 10.3. The fourth-order valence-electron chi connectivity index (χ4n) is 2.90. The molecule has 1 aromatic heterocycles. The van der Waals surface area contributed by atoms with E-state index in [4.69, 9.17) is 18.6 Å². The van der Waals surface area contributed by atoms with E-state index in [2.05, 4.69) is 5.32 Å². The van der Waals surface area contributed by atoms with Crippen molar-refractivity contribution in [3.05, 3.63) is 103 Å². The predicted molar refractivity (Wildman–Crippen MR) is 123 cm³/mol. The van der Waals surface area contributed by atoms with Crippen LogP contribution >= 0.6 is 0 Å². The summed E-state index contributed by atoms with van der Waals surface area (Å²) in [5.41, 5.74) is 0.604. The fraction of sp³-hybridized carbons (Fsp3) is 0.115.